The molecule has 0 amide bonds. The number of nitrogens with one attached hydrogen (secondary N) is 1. The molecule has 0 aromatic carbocycles. The van der Waals surface area contributed by atoms with E-state index in [4.69, 9.17) is 0 Å². The summed E-state index contributed by atoms with van der Waals surface area (Å²) in [6.45, 7) is 5.70. The van der Waals surface area contributed by atoms with Gasteiger partial charge in [-0.3, -0.25) is 4.99 Å². The molecule has 100 valence electrons. The molecule has 1 aliphatic heterocycles. The van der Waals surface area contributed by atoms with Gasteiger partial charge in [0, 0.05) is 26.7 Å². The third-order valence-corrected chi connectivity index (χ3v) is 4.02. The fourth-order valence-corrected chi connectivity index (χ4v) is 3.15. The van der Waals surface area contributed by atoms with E-state index in [1.165, 1.54) is 45.2 Å². The van der Waals surface area contributed by atoms with Gasteiger partial charge in [-0.05, 0) is 31.1 Å². The van der Waals surface area contributed by atoms with Crippen molar-refractivity contribution < 1.29 is 0 Å². The van der Waals surface area contributed by atoms with Crippen LogP contribution >= 0.6 is 24.0 Å². The average Bonchev–Trinajstić information content (AvgIpc) is 2.73. The normalized spacial score (nSPS) is 28.6. The average molecular weight is 351 g/mol. The minimum absolute atomic E-state index is 0. The molecule has 1 aliphatic carbocycles. The first-order valence-corrected chi connectivity index (χ1v) is 6.80. The minimum atomic E-state index is 0. The van der Waals surface area contributed by atoms with E-state index in [0.29, 0.717) is 0 Å². The number of guanidine groups is 1. The summed E-state index contributed by atoms with van der Waals surface area (Å²) in [5.41, 5.74) is 0. The lowest BCUT2D eigenvalue weighted by Crippen LogP contribution is -2.40. The second kappa shape index (κ2) is 7.44. The lowest BCUT2D eigenvalue weighted by molar-refractivity contribution is 0.299. The topological polar surface area (TPSA) is 27.6 Å². The molecule has 2 unspecified atom stereocenters. The molecule has 3 nitrogen and oxygen atoms in total. The third kappa shape index (κ3) is 3.73. The third-order valence-electron chi connectivity index (χ3n) is 4.02. The fraction of sp³-hybridized carbons (Fsp3) is 0.923. The number of hydrogen-bond donors (Lipinski definition) is 1. The van der Waals surface area contributed by atoms with Gasteiger partial charge in [0.1, 0.15) is 0 Å². The van der Waals surface area contributed by atoms with Gasteiger partial charge < -0.3 is 10.2 Å². The van der Waals surface area contributed by atoms with E-state index in [2.05, 4.69) is 22.1 Å². The Labute approximate surface area is 122 Å². The van der Waals surface area contributed by atoms with Crippen molar-refractivity contribution in [3.05, 3.63) is 0 Å². The molecule has 0 bridgehead atoms. The Balaban J connectivity index is 0.00000144. The molecule has 2 rings (SSSR count). The summed E-state index contributed by atoms with van der Waals surface area (Å²) in [4.78, 5) is 6.87. The second-order valence-electron chi connectivity index (χ2n) is 5.18. The molecule has 0 aromatic heterocycles. The van der Waals surface area contributed by atoms with E-state index in [1.807, 2.05) is 7.05 Å². The van der Waals surface area contributed by atoms with Gasteiger partial charge in [-0.2, -0.15) is 0 Å². The summed E-state index contributed by atoms with van der Waals surface area (Å²) in [7, 11) is 1.90. The molecular weight excluding hydrogens is 325 g/mol. The zero-order valence-electron chi connectivity index (χ0n) is 11.1. The van der Waals surface area contributed by atoms with Crippen molar-refractivity contribution in [2.24, 2.45) is 16.8 Å². The van der Waals surface area contributed by atoms with E-state index in [1.54, 1.807) is 0 Å². The van der Waals surface area contributed by atoms with Gasteiger partial charge in [0.05, 0.1) is 0 Å². The minimum Gasteiger partial charge on any atom is -0.356 e. The van der Waals surface area contributed by atoms with E-state index in [0.717, 1.165) is 24.3 Å². The highest BCUT2D eigenvalue weighted by Gasteiger charge is 2.35. The first-order valence-electron chi connectivity index (χ1n) is 6.80. The standard InChI is InChI=1S/C13H25N3.HI/c1-3-8-15-13(14-2)16-9-11-6-4-5-7-12(11)10-16;/h11-12H,3-10H2,1-2H3,(H,14,15);1H. The number of likely N-dealkylation sites (tertiary alicyclic amines) is 1. The monoisotopic (exact) mass is 351 g/mol. The Morgan fingerprint density at radius 1 is 1.24 bits per heavy atom. The number of rotatable bonds is 2. The Bertz CT molecular complexity index is 241. The Kier molecular flexibility index (Phi) is 6.59. The molecule has 1 N–H and O–H groups in total. The van der Waals surface area contributed by atoms with Crippen molar-refractivity contribution in [1.82, 2.24) is 10.2 Å². The fourth-order valence-electron chi connectivity index (χ4n) is 3.15. The number of hydrogen-bond acceptors (Lipinski definition) is 1. The van der Waals surface area contributed by atoms with Crippen LogP contribution in [0.15, 0.2) is 4.99 Å². The molecule has 2 aliphatic rings. The quantitative estimate of drug-likeness (QED) is 0.471. The Hall–Kier alpha value is 0. The smallest absolute Gasteiger partial charge is 0.193 e. The predicted octanol–water partition coefficient (Wildman–Crippen LogP) is 2.71. The van der Waals surface area contributed by atoms with Crippen LogP contribution < -0.4 is 5.32 Å². The van der Waals surface area contributed by atoms with Crippen molar-refractivity contribution in [2.75, 3.05) is 26.7 Å². The summed E-state index contributed by atoms with van der Waals surface area (Å²) < 4.78 is 0. The maximum absolute atomic E-state index is 4.40. The largest absolute Gasteiger partial charge is 0.356 e. The summed E-state index contributed by atoms with van der Waals surface area (Å²) in [5, 5.41) is 3.45. The van der Waals surface area contributed by atoms with Crippen molar-refractivity contribution >= 4 is 29.9 Å². The number of aliphatic imine (C=N–C) groups is 1. The molecule has 0 radical (unpaired) electrons. The maximum Gasteiger partial charge on any atom is 0.193 e. The van der Waals surface area contributed by atoms with Crippen LogP contribution in [0.4, 0.5) is 0 Å². The highest BCUT2D eigenvalue weighted by atomic mass is 127. The van der Waals surface area contributed by atoms with Crippen LogP contribution in [0.3, 0.4) is 0 Å². The number of nitrogens with zero attached hydrogens (tertiary/aromatic N) is 2. The van der Waals surface area contributed by atoms with Gasteiger partial charge >= 0.3 is 0 Å². The van der Waals surface area contributed by atoms with Gasteiger partial charge in [-0.1, -0.05) is 19.8 Å². The van der Waals surface area contributed by atoms with E-state index in [9.17, 15) is 0 Å². The molecule has 17 heavy (non-hydrogen) atoms. The van der Waals surface area contributed by atoms with Crippen LogP contribution in [0.25, 0.3) is 0 Å². The highest BCUT2D eigenvalue weighted by Crippen LogP contribution is 2.35. The van der Waals surface area contributed by atoms with Crippen LogP contribution in [0.5, 0.6) is 0 Å². The van der Waals surface area contributed by atoms with Crippen molar-refractivity contribution in [3.63, 3.8) is 0 Å². The van der Waals surface area contributed by atoms with Crippen LogP contribution in [0.2, 0.25) is 0 Å². The Morgan fingerprint density at radius 2 is 1.82 bits per heavy atom. The van der Waals surface area contributed by atoms with Crippen LogP contribution in [-0.4, -0.2) is 37.5 Å². The lowest BCUT2D eigenvalue weighted by Gasteiger charge is -2.22. The van der Waals surface area contributed by atoms with Crippen LogP contribution in [-0.2, 0) is 0 Å². The summed E-state index contributed by atoms with van der Waals surface area (Å²) >= 11 is 0. The SMILES string of the molecule is CCCNC(=NC)N1CC2CCCCC2C1.I. The lowest BCUT2D eigenvalue weighted by atomic mass is 9.82. The van der Waals surface area contributed by atoms with Crippen molar-refractivity contribution in [1.29, 1.82) is 0 Å². The molecule has 1 saturated heterocycles. The van der Waals surface area contributed by atoms with Gasteiger partial charge in [0.2, 0.25) is 0 Å². The highest BCUT2D eigenvalue weighted by molar-refractivity contribution is 14.0. The van der Waals surface area contributed by atoms with Crippen molar-refractivity contribution in [2.45, 2.75) is 39.0 Å². The molecule has 1 heterocycles. The van der Waals surface area contributed by atoms with Gasteiger partial charge in [-0.15, -0.1) is 24.0 Å². The summed E-state index contributed by atoms with van der Waals surface area (Å²) in [6.07, 6.45) is 6.92. The zero-order chi connectivity index (χ0) is 11.4. The van der Waals surface area contributed by atoms with Crippen molar-refractivity contribution in [3.8, 4) is 0 Å². The summed E-state index contributed by atoms with van der Waals surface area (Å²) in [6, 6.07) is 0. The van der Waals surface area contributed by atoms with E-state index < -0.39 is 0 Å². The molecule has 0 aromatic rings. The molecule has 2 atom stereocenters. The first kappa shape index (κ1) is 15.1. The van der Waals surface area contributed by atoms with Crippen LogP contribution in [0, 0.1) is 11.8 Å². The van der Waals surface area contributed by atoms with E-state index in [-0.39, 0.29) is 24.0 Å². The second-order valence-corrected chi connectivity index (χ2v) is 5.18. The molecule has 2 fully saturated rings. The van der Waals surface area contributed by atoms with Gasteiger partial charge in [0.15, 0.2) is 5.96 Å². The zero-order valence-corrected chi connectivity index (χ0v) is 13.4. The Morgan fingerprint density at radius 3 is 2.29 bits per heavy atom. The van der Waals surface area contributed by atoms with Gasteiger partial charge in [-0.25, -0.2) is 0 Å². The molecule has 1 saturated carbocycles. The van der Waals surface area contributed by atoms with Gasteiger partial charge in [0.25, 0.3) is 0 Å². The first-order chi connectivity index (χ1) is 7.85. The predicted molar refractivity (Wildman–Crippen MR) is 84.1 cm³/mol. The van der Waals surface area contributed by atoms with Crippen LogP contribution in [0.1, 0.15) is 39.0 Å². The number of fused-ring (bicyclic) bond motifs is 1. The maximum atomic E-state index is 4.40. The summed E-state index contributed by atoms with van der Waals surface area (Å²) in [5.74, 6) is 3.00. The molecule has 4 heteroatoms. The van der Waals surface area contributed by atoms with E-state index >= 15 is 0 Å². The molecule has 0 spiro atoms. The number of halogens is 1. The molecular formula is C13H26IN3.